The van der Waals surface area contributed by atoms with Gasteiger partial charge in [-0.2, -0.15) is 13.2 Å². The van der Waals surface area contributed by atoms with Crippen molar-refractivity contribution >= 4 is 16.6 Å². The van der Waals surface area contributed by atoms with Crippen LogP contribution in [0.1, 0.15) is 12.8 Å². The first-order valence-electron chi connectivity index (χ1n) is 7.12. The average molecular weight is 297 g/mol. The maximum atomic E-state index is 12.3. The van der Waals surface area contributed by atoms with Gasteiger partial charge in [0.25, 0.3) is 0 Å². The number of hydrogen-bond acceptors (Lipinski definition) is 2. The lowest BCUT2D eigenvalue weighted by molar-refractivity contribution is -0.147. The molecule has 2 aromatic rings. The van der Waals surface area contributed by atoms with Crippen LogP contribution in [0.3, 0.4) is 0 Å². The number of anilines is 1. The van der Waals surface area contributed by atoms with Gasteiger partial charge in [0.2, 0.25) is 0 Å². The SMILES string of the molecule is FC(F)(F)CN1CCC(Nc2ccc3[nH]ccc3c2)CC1. The second-order valence-electron chi connectivity index (χ2n) is 5.59. The number of piperidine rings is 1. The monoisotopic (exact) mass is 297 g/mol. The van der Waals surface area contributed by atoms with E-state index in [2.05, 4.69) is 16.4 Å². The average Bonchev–Trinajstić information content (AvgIpc) is 2.87. The smallest absolute Gasteiger partial charge is 0.382 e. The van der Waals surface area contributed by atoms with E-state index < -0.39 is 12.7 Å². The number of nitrogens with one attached hydrogen (secondary N) is 2. The molecule has 0 saturated carbocycles. The van der Waals surface area contributed by atoms with E-state index in [4.69, 9.17) is 0 Å². The molecule has 2 N–H and O–H groups in total. The molecule has 21 heavy (non-hydrogen) atoms. The van der Waals surface area contributed by atoms with Crippen molar-refractivity contribution in [1.29, 1.82) is 0 Å². The lowest BCUT2D eigenvalue weighted by Crippen LogP contribution is -2.43. The molecule has 6 heteroatoms. The molecule has 0 aliphatic carbocycles. The standard InChI is InChI=1S/C15H18F3N3/c16-15(17,18)10-21-7-4-12(5-8-21)20-13-1-2-14-11(9-13)3-6-19-14/h1-3,6,9,12,19-20H,4-5,7-8,10H2. The first kappa shape index (κ1) is 14.3. The Morgan fingerprint density at radius 1 is 1.19 bits per heavy atom. The summed E-state index contributed by atoms with van der Waals surface area (Å²) in [4.78, 5) is 4.62. The molecule has 0 unspecified atom stereocenters. The Morgan fingerprint density at radius 2 is 1.95 bits per heavy atom. The molecule has 0 bridgehead atoms. The van der Waals surface area contributed by atoms with Crippen molar-refractivity contribution in [3.05, 3.63) is 30.5 Å². The third-order valence-corrected chi connectivity index (χ3v) is 3.91. The summed E-state index contributed by atoms with van der Waals surface area (Å²) in [6.45, 7) is 0.183. The number of likely N-dealkylation sites (tertiary alicyclic amines) is 1. The van der Waals surface area contributed by atoms with E-state index in [1.54, 1.807) is 0 Å². The van der Waals surface area contributed by atoms with Crippen LogP contribution in [-0.2, 0) is 0 Å². The topological polar surface area (TPSA) is 31.1 Å². The van der Waals surface area contributed by atoms with Crippen LogP contribution in [0.4, 0.5) is 18.9 Å². The predicted molar refractivity (Wildman–Crippen MR) is 77.4 cm³/mol. The van der Waals surface area contributed by atoms with Gasteiger partial charge in [0.15, 0.2) is 0 Å². The molecular weight excluding hydrogens is 279 g/mol. The first-order chi connectivity index (χ1) is 9.99. The summed E-state index contributed by atoms with van der Waals surface area (Å²) in [6, 6.07) is 8.32. The normalized spacial score (nSPS) is 18.2. The van der Waals surface area contributed by atoms with Crippen molar-refractivity contribution in [1.82, 2.24) is 9.88 Å². The second kappa shape index (κ2) is 5.60. The van der Waals surface area contributed by atoms with Gasteiger partial charge in [-0.15, -0.1) is 0 Å². The number of halogens is 3. The van der Waals surface area contributed by atoms with E-state index in [0.717, 1.165) is 29.4 Å². The highest BCUT2D eigenvalue weighted by atomic mass is 19.4. The largest absolute Gasteiger partial charge is 0.401 e. The van der Waals surface area contributed by atoms with Crippen LogP contribution in [0, 0.1) is 0 Å². The van der Waals surface area contributed by atoms with E-state index in [0.29, 0.717) is 13.1 Å². The molecular formula is C15H18F3N3. The van der Waals surface area contributed by atoms with Crippen LogP contribution in [0.25, 0.3) is 10.9 Å². The minimum absolute atomic E-state index is 0.242. The van der Waals surface area contributed by atoms with Crippen LogP contribution in [0.15, 0.2) is 30.5 Å². The summed E-state index contributed by atoms with van der Waals surface area (Å²) in [5.41, 5.74) is 2.11. The Hall–Kier alpha value is -1.69. The molecule has 1 fully saturated rings. The number of fused-ring (bicyclic) bond motifs is 1. The van der Waals surface area contributed by atoms with Gasteiger partial charge in [-0.1, -0.05) is 0 Å². The fraction of sp³-hybridized carbons (Fsp3) is 0.467. The van der Waals surface area contributed by atoms with Gasteiger partial charge in [0, 0.05) is 41.9 Å². The van der Waals surface area contributed by atoms with Crippen LogP contribution in [0.5, 0.6) is 0 Å². The number of aromatic nitrogens is 1. The van der Waals surface area contributed by atoms with Crippen molar-refractivity contribution in [3.8, 4) is 0 Å². The van der Waals surface area contributed by atoms with Gasteiger partial charge in [0.1, 0.15) is 0 Å². The fourth-order valence-corrected chi connectivity index (χ4v) is 2.87. The summed E-state index contributed by atoms with van der Waals surface area (Å²) >= 11 is 0. The zero-order valence-electron chi connectivity index (χ0n) is 11.6. The first-order valence-corrected chi connectivity index (χ1v) is 7.12. The van der Waals surface area contributed by atoms with Crippen LogP contribution in [0.2, 0.25) is 0 Å². The van der Waals surface area contributed by atoms with Gasteiger partial charge in [0.05, 0.1) is 6.54 Å². The molecule has 3 nitrogen and oxygen atoms in total. The molecule has 1 aromatic heterocycles. The molecule has 1 aromatic carbocycles. The quantitative estimate of drug-likeness (QED) is 0.907. The molecule has 1 saturated heterocycles. The predicted octanol–water partition coefficient (Wildman–Crippen LogP) is 3.61. The van der Waals surface area contributed by atoms with E-state index in [9.17, 15) is 13.2 Å². The summed E-state index contributed by atoms with van der Waals surface area (Å²) in [5.74, 6) is 0. The maximum Gasteiger partial charge on any atom is 0.401 e. The van der Waals surface area contributed by atoms with Gasteiger partial charge >= 0.3 is 6.18 Å². The highest BCUT2D eigenvalue weighted by molar-refractivity contribution is 5.83. The summed E-state index contributed by atoms with van der Waals surface area (Å²) in [7, 11) is 0. The minimum atomic E-state index is -4.10. The van der Waals surface area contributed by atoms with E-state index in [1.165, 1.54) is 4.90 Å². The van der Waals surface area contributed by atoms with Crippen molar-refractivity contribution in [2.75, 3.05) is 25.0 Å². The van der Waals surface area contributed by atoms with Gasteiger partial charge < -0.3 is 10.3 Å². The van der Waals surface area contributed by atoms with Crippen molar-refractivity contribution in [3.63, 3.8) is 0 Å². The van der Waals surface area contributed by atoms with E-state index in [-0.39, 0.29) is 6.04 Å². The minimum Gasteiger partial charge on any atom is -0.382 e. The number of aromatic amines is 1. The molecule has 0 radical (unpaired) electrons. The number of hydrogen-bond donors (Lipinski definition) is 2. The second-order valence-corrected chi connectivity index (χ2v) is 5.59. The van der Waals surface area contributed by atoms with Gasteiger partial charge in [-0.05, 0) is 37.1 Å². The van der Waals surface area contributed by atoms with E-state index in [1.807, 2.05) is 24.4 Å². The number of alkyl halides is 3. The number of nitrogens with zero attached hydrogens (tertiary/aromatic N) is 1. The fourth-order valence-electron chi connectivity index (χ4n) is 2.87. The van der Waals surface area contributed by atoms with Crippen molar-refractivity contribution in [2.45, 2.75) is 25.1 Å². The summed E-state index contributed by atoms with van der Waals surface area (Å²) in [6.07, 6.45) is -0.730. The Morgan fingerprint density at radius 3 is 2.67 bits per heavy atom. The molecule has 0 spiro atoms. The van der Waals surface area contributed by atoms with E-state index >= 15 is 0 Å². The van der Waals surface area contributed by atoms with Crippen LogP contribution in [-0.4, -0.2) is 41.7 Å². The van der Waals surface area contributed by atoms with Crippen molar-refractivity contribution in [2.24, 2.45) is 0 Å². The number of rotatable bonds is 3. The maximum absolute atomic E-state index is 12.3. The van der Waals surface area contributed by atoms with Crippen LogP contribution < -0.4 is 5.32 Å². The Balaban J connectivity index is 1.55. The van der Waals surface area contributed by atoms with Gasteiger partial charge in [-0.3, -0.25) is 4.90 Å². The third kappa shape index (κ3) is 3.69. The summed E-state index contributed by atoms with van der Waals surface area (Å²) < 4.78 is 37.0. The highest BCUT2D eigenvalue weighted by Crippen LogP contribution is 2.23. The summed E-state index contributed by atoms with van der Waals surface area (Å²) in [5, 5.41) is 4.56. The molecule has 0 atom stereocenters. The van der Waals surface area contributed by atoms with Crippen molar-refractivity contribution < 1.29 is 13.2 Å². The molecule has 114 valence electrons. The Labute approximate surface area is 121 Å². The Bertz CT molecular complexity index is 597. The lowest BCUT2D eigenvalue weighted by atomic mass is 10.0. The lowest BCUT2D eigenvalue weighted by Gasteiger charge is -2.33. The molecule has 1 aliphatic heterocycles. The molecule has 3 rings (SSSR count). The third-order valence-electron chi connectivity index (χ3n) is 3.91. The number of H-pyrrole nitrogens is 1. The Kier molecular flexibility index (Phi) is 3.80. The highest BCUT2D eigenvalue weighted by Gasteiger charge is 2.32. The molecule has 2 heterocycles. The zero-order valence-corrected chi connectivity index (χ0v) is 11.6. The zero-order chi connectivity index (χ0) is 14.9. The molecule has 1 aliphatic rings. The molecule has 0 amide bonds. The van der Waals surface area contributed by atoms with Gasteiger partial charge in [-0.25, -0.2) is 0 Å². The van der Waals surface area contributed by atoms with Crippen LogP contribution >= 0.6 is 0 Å². The number of benzene rings is 1.